The van der Waals surface area contributed by atoms with E-state index in [1.165, 1.54) is 73.4 Å². The van der Waals surface area contributed by atoms with Gasteiger partial charge in [-0.15, -0.1) is 0 Å². The van der Waals surface area contributed by atoms with Gasteiger partial charge in [-0.25, -0.2) is 16.8 Å². The zero-order valence-electron chi connectivity index (χ0n) is 44.8. The summed E-state index contributed by atoms with van der Waals surface area (Å²) in [5.74, 6) is 3.00. The summed E-state index contributed by atoms with van der Waals surface area (Å²) >= 11 is 0. The first-order valence-electron chi connectivity index (χ1n) is 22.7. The quantitative estimate of drug-likeness (QED) is 0.101. The van der Waals surface area contributed by atoms with E-state index in [4.69, 9.17) is 5.11 Å². The van der Waals surface area contributed by atoms with Gasteiger partial charge in [0.05, 0.1) is 75.8 Å². The summed E-state index contributed by atoms with van der Waals surface area (Å²) in [4.78, 5) is 9.77. The molecule has 0 saturated carbocycles. The predicted octanol–water partition coefficient (Wildman–Crippen LogP) is -5.62. The van der Waals surface area contributed by atoms with Gasteiger partial charge in [0.2, 0.25) is 0 Å². The van der Waals surface area contributed by atoms with Gasteiger partial charge in [0.25, 0.3) is 0 Å². The first-order valence-corrected chi connectivity index (χ1v) is 25.5. The van der Waals surface area contributed by atoms with Crippen LogP contribution in [0.5, 0.6) is 0 Å². The van der Waals surface area contributed by atoms with Gasteiger partial charge in [0, 0.05) is 28.6 Å². The molecule has 0 bridgehead atoms. The van der Waals surface area contributed by atoms with E-state index < -0.39 is 31.5 Å². The van der Waals surface area contributed by atoms with Crippen LogP contribution in [-0.4, -0.2) is 106 Å². The van der Waals surface area contributed by atoms with Crippen molar-refractivity contribution in [1.82, 2.24) is 0 Å². The molecule has 0 radical (unpaired) electrons. The molecule has 1 aliphatic rings. The zero-order chi connectivity index (χ0) is 48.4. The number of carboxylic acids is 1. The van der Waals surface area contributed by atoms with Crippen LogP contribution < -0.4 is 102 Å². The molecular formula is C48H92Cl3N3Na2O8S2. The van der Waals surface area contributed by atoms with E-state index in [1.54, 1.807) is 26.0 Å². The number of aliphatic carboxylic acids is 1. The fraction of sp³-hybridized carbons (Fsp3) is 0.729. The summed E-state index contributed by atoms with van der Waals surface area (Å²) in [6.07, 6.45) is 7.34. The minimum absolute atomic E-state index is 0. The maximum atomic E-state index is 10.6. The maximum Gasteiger partial charge on any atom is 1.00 e. The van der Waals surface area contributed by atoms with E-state index >= 15 is 0 Å². The maximum absolute atomic E-state index is 10.6. The SMILES string of the molecule is CCC(C)C(=O)O.CCC(C)C[NH3+].CCC(C)S(=O)(=O)[O-].CCC(C)c1ccc(C[N+](C)(C)C)cc1.CCC(C)c1ccc(S(=O)(=O)[O-])cc1.CCC1C[N+](C)(C)CC1CC.[Cl-].[Cl-].[Cl-].[Na+].[Na+]. The number of carboxylic acid groups (broad SMARTS) is 1. The van der Waals surface area contributed by atoms with Crippen LogP contribution in [0.4, 0.5) is 0 Å². The van der Waals surface area contributed by atoms with E-state index in [0.717, 1.165) is 53.7 Å². The van der Waals surface area contributed by atoms with E-state index in [0.29, 0.717) is 18.3 Å². The third-order valence-electron chi connectivity index (χ3n) is 11.6. The molecular weight excluding hydrogens is 963 g/mol. The van der Waals surface area contributed by atoms with Crippen LogP contribution in [-0.2, 0) is 31.6 Å². The average Bonchev–Trinajstić information content (AvgIpc) is 3.52. The third-order valence-corrected chi connectivity index (χ3v) is 13.8. The summed E-state index contributed by atoms with van der Waals surface area (Å²) in [6.45, 7) is 29.3. The molecule has 2 aromatic rings. The van der Waals surface area contributed by atoms with Gasteiger partial charge < -0.3 is 66.1 Å². The minimum Gasteiger partial charge on any atom is -1.00 e. The number of benzene rings is 2. The Morgan fingerprint density at radius 1 is 0.682 bits per heavy atom. The standard InChI is InChI=1S/C14H24N.C10H22N.C10H14O3S.C5H13N.C5H10O2.C4H10O3S.3ClH.2Na/c1-6-12(2)14-9-7-13(8-10-14)11-15(3,4)5;1-5-9-7-11(3,4)8-10(9)6-2;1-3-8(2)9-4-6-10(7-5-9)14(11,12)13;1-3-5(2)4-6;1-3-4(2)5(6)7;1-3-4(2)8(5,6)7;;;;;/h7-10,12H,6,11H2,1-5H3;9-10H,5-8H2,1-4H3;4-8H,3H2,1-2H3,(H,11,12,13);5H,3-4,6H2,1-2H3;4H,3H2,1-2H3,(H,6,7);4H,3H2,1-2H3,(H,5,6,7);3*1H;;/q2*+1;;;;;;;;2*+1/p-4. The number of carbonyl (C=O) groups is 1. The Kier molecular flexibility index (Phi) is 54.4. The molecule has 7 atom stereocenters. The van der Waals surface area contributed by atoms with Crippen molar-refractivity contribution in [3.05, 3.63) is 65.2 Å². The summed E-state index contributed by atoms with van der Waals surface area (Å²) in [7, 11) is 3.09. The van der Waals surface area contributed by atoms with Crippen LogP contribution in [0.1, 0.15) is 157 Å². The van der Waals surface area contributed by atoms with Crippen molar-refractivity contribution in [2.24, 2.45) is 23.7 Å². The molecule has 2 aromatic carbocycles. The smallest absolute Gasteiger partial charge is 1.00 e. The Morgan fingerprint density at radius 2 is 1.05 bits per heavy atom. The van der Waals surface area contributed by atoms with Crippen molar-refractivity contribution >= 4 is 26.2 Å². The van der Waals surface area contributed by atoms with Crippen molar-refractivity contribution in [2.45, 2.75) is 157 Å². The monoisotopic (exact) mass is 1050 g/mol. The van der Waals surface area contributed by atoms with Crippen LogP contribution in [0.3, 0.4) is 0 Å². The molecule has 3 rings (SSSR count). The van der Waals surface area contributed by atoms with Gasteiger partial charge >= 0.3 is 65.1 Å². The second-order valence-electron chi connectivity index (χ2n) is 18.6. The molecule has 382 valence electrons. The Hall–Kier alpha value is 0.480. The number of quaternary nitrogens is 3. The van der Waals surface area contributed by atoms with Gasteiger partial charge in [-0.2, -0.15) is 0 Å². The molecule has 1 heterocycles. The molecule has 11 nitrogen and oxygen atoms in total. The van der Waals surface area contributed by atoms with E-state index in [2.05, 4.69) is 121 Å². The molecule has 4 N–H and O–H groups in total. The fourth-order valence-corrected chi connectivity index (χ4v) is 6.96. The third kappa shape index (κ3) is 41.1. The average molecular weight is 1060 g/mol. The topological polar surface area (TPSA) is 179 Å². The number of likely N-dealkylation sites (tertiary alicyclic amines) is 1. The first-order chi connectivity index (χ1) is 27.9. The summed E-state index contributed by atoms with van der Waals surface area (Å²) in [5.41, 5.74) is 7.70. The normalized spacial score (nSPS) is 16.8. The van der Waals surface area contributed by atoms with Crippen molar-refractivity contribution < 1.29 is 147 Å². The van der Waals surface area contributed by atoms with E-state index in [-0.39, 0.29) is 107 Å². The minimum atomic E-state index is -4.30. The second kappa shape index (κ2) is 43.1. The second-order valence-corrected chi connectivity index (χ2v) is 21.8. The molecule has 0 aliphatic carbocycles. The zero-order valence-corrected chi connectivity index (χ0v) is 52.7. The van der Waals surface area contributed by atoms with Crippen LogP contribution in [0.2, 0.25) is 0 Å². The van der Waals surface area contributed by atoms with Crippen LogP contribution in [0, 0.1) is 23.7 Å². The van der Waals surface area contributed by atoms with Crippen molar-refractivity contribution in [1.29, 1.82) is 0 Å². The van der Waals surface area contributed by atoms with Crippen molar-refractivity contribution in [3.63, 3.8) is 0 Å². The predicted molar refractivity (Wildman–Crippen MR) is 253 cm³/mol. The summed E-state index contributed by atoms with van der Waals surface area (Å²) in [5, 5.41) is 7.45. The van der Waals surface area contributed by atoms with Crippen molar-refractivity contribution in [2.75, 3.05) is 54.9 Å². The van der Waals surface area contributed by atoms with E-state index in [9.17, 15) is 30.7 Å². The van der Waals surface area contributed by atoms with Gasteiger partial charge in [-0.1, -0.05) is 113 Å². The van der Waals surface area contributed by atoms with E-state index in [1.807, 2.05) is 6.92 Å². The molecule has 0 aromatic heterocycles. The molecule has 18 heteroatoms. The molecule has 1 saturated heterocycles. The summed E-state index contributed by atoms with van der Waals surface area (Å²) in [6, 6.07) is 15.2. The Balaban J connectivity index is -0.000000103. The molecule has 1 aliphatic heterocycles. The fourth-order valence-electron chi connectivity index (χ4n) is 6.08. The van der Waals surface area contributed by atoms with Gasteiger partial charge in [-0.05, 0) is 87.0 Å². The largest absolute Gasteiger partial charge is 1.00 e. The van der Waals surface area contributed by atoms with Gasteiger partial charge in [-0.3, -0.25) is 4.79 Å². The molecule has 0 amide bonds. The molecule has 66 heavy (non-hydrogen) atoms. The van der Waals surface area contributed by atoms with Gasteiger partial charge in [0.15, 0.2) is 0 Å². The number of rotatable bonds is 15. The first kappa shape index (κ1) is 83.3. The molecule has 1 fully saturated rings. The Morgan fingerprint density at radius 3 is 1.23 bits per heavy atom. The molecule has 0 spiro atoms. The number of halogens is 3. The van der Waals surface area contributed by atoms with Gasteiger partial charge in [0.1, 0.15) is 16.7 Å². The number of hydrogen-bond acceptors (Lipinski definition) is 7. The van der Waals surface area contributed by atoms with Crippen LogP contribution in [0.25, 0.3) is 0 Å². The number of hydrogen-bond donors (Lipinski definition) is 2. The van der Waals surface area contributed by atoms with Crippen molar-refractivity contribution in [3.8, 4) is 0 Å². The Labute approximate surface area is 468 Å². The Bertz CT molecular complexity index is 1660. The number of nitrogens with zero attached hydrogens (tertiary/aromatic N) is 2. The molecule has 7 unspecified atom stereocenters. The summed E-state index contributed by atoms with van der Waals surface area (Å²) < 4.78 is 64.1. The van der Waals surface area contributed by atoms with Crippen LogP contribution in [0.15, 0.2) is 53.4 Å². The van der Waals surface area contributed by atoms with Crippen LogP contribution >= 0.6 is 0 Å².